The van der Waals surface area contributed by atoms with Crippen LogP contribution in [0.15, 0.2) is 61.2 Å². The number of rotatable bonds is 10. The molecule has 0 spiro atoms. The zero-order chi connectivity index (χ0) is 26.0. The Balaban J connectivity index is 1.80. The van der Waals surface area contributed by atoms with Crippen LogP contribution in [-0.4, -0.2) is 48.4 Å². The molecule has 1 saturated heterocycles. The van der Waals surface area contributed by atoms with Crippen molar-refractivity contribution in [1.82, 2.24) is 9.21 Å². The van der Waals surface area contributed by atoms with Gasteiger partial charge in [0.25, 0.3) is 0 Å². The first kappa shape index (κ1) is 27.2. The molecule has 2 aromatic carbocycles. The summed E-state index contributed by atoms with van der Waals surface area (Å²) in [5.74, 6) is -0.224. The topological polar surface area (TPSA) is 57.7 Å². The lowest BCUT2D eigenvalue weighted by Gasteiger charge is -2.49. The fraction of sp³-hybridized carbons (Fsp3) is 0.464. The van der Waals surface area contributed by atoms with E-state index < -0.39 is 10.0 Å². The largest absolute Gasteiger partial charge is 0.330 e. The van der Waals surface area contributed by atoms with E-state index in [1.54, 1.807) is 13.1 Å². The lowest BCUT2D eigenvalue weighted by molar-refractivity contribution is -0.147. The van der Waals surface area contributed by atoms with Crippen molar-refractivity contribution in [3.63, 3.8) is 0 Å². The van der Waals surface area contributed by atoms with Gasteiger partial charge < -0.3 is 4.90 Å². The van der Waals surface area contributed by atoms with Crippen LogP contribution in [0.4, 0.5) is 0 Å². The minimum atomic E-state index is -3.37. The number of sulfonamides is 1. The van der Waals surface area contributed by atoms with E-state index >= 15 is 0 Å². The summed E-state index contributed by atoms with van der Waals surface area (Å²) >= 11 is 12.6. The molecule has 0 N–H and O–H groups in total. The number of likely N-dealkylation sites (tertiary alicyclic amines) is 1. The fourth-order valence-electron chi connectivity index (χ4n) is 5.43. The quantitative estimate of drug-likeness (QED) is 0.320. The van der Waals surface area contributed by atoms with Gasteiger partial charge in [-0.05, 0) is 67.5 Å². The number of piperidine rings is 1. The van der Waals surface area contributed by atoms with Crippen LogP contribution >= 0.6 is 23.2 Å². The molecule has 0 radical (unpaired) electrons. The lowest BCUT2D eigenvalue weighted by atomic mass is 9.74. The number of likely N-dealkylation sites (N-methyl/N-ethyl adjacent to an activating group) is 1. The molecule has 4 atom stereocenters. The van der Waals surface area contributed by atoms with Gasteiger partial charge in [-0.2, -0.15) is 0 Å². The number of benzene rings is 2. The van der Waals surface area contributed by atoms with Crippen LogP contribution in [0, 0.1) is 5.92 Å². The van der Waals surface area contributed by atoms with Gasteiger partial charge in [0, 0.05) is 41.5 Å². The van der Waals surface area contributed by atoms with Crippen LogP contribution in [0.1, 0.15) is 62.1 Å². The van der Waals surface area contributed by atoms with Gasteiger partial charge in [0.15, 0.2) is 0 Å². The van der Waals surface area contributed by atoms with E-state index in [1.165, 1.54) is 4.31 Å². The van der Waals surface area contributed by atoms with Gasteiger partial charge in [-0.1, -0.05) is 60.5 Å². The first-order chi connectivity index (χ1) is 17.2. The van der Waals surface area contributed by atoms with Crippen LogP contribution in [0.25, 0.3) is 0 Å². The number of nitrogens with zero attached hydrogens (tertiary/aromatic N) is 2. The van der Waals surface area contributed by atoms with E-state index in [4.69, 9.17) is 23.2 Å². The standard InChI is InChI=1S/C28H34Cl2N2O3S/c1-4-7-21-17-26(20-8-6-9-23(30)16-20)27(19-10-12-22(29)13-11-19)32(28(21)33)24(5-2)18-31(3)36(34,35)25-14-15-25/h4,6,8-13,16,21,24-27H,1,5,7,14-15,17-18H2,2-3H3. The van der Waals surface area contributed by atoms with Crippen molar-refractivity contribution in [2.75, 3.05) is 13.6 Å². The first-order valence-electron chi connectivity index (χ1n) is 12.6. The monoisotopic (exact) mass is 548 g/mol. The Kier molecular flexibility index (Phi) is 8.50. The Morgan fingerprint density at radius 2 is 1.81 bits per heavy atom. The second kappa shape index (κ2) is 11.3. The molecule has 5 nitrogen and oxygen atoms in total. The smallest absolute Gasteiger partial charge is 0.226 e. The molecule has 2 aliphatic rings. The molecule has 2 aromatic rings. The highest BCUT2D eigenvalue weighted by Crippen LogP contribution is 2.48. The highest BCUT2D eigenvalue weighted by Gasteiger charge is 2.46. The molecular formula is C28H34Cl2N2O3S. The second-order valence-corrected chi connectivity index (χ2v) is 13.1. The Morgan fingerprint density at radius 3 is 2.39 bits per heavy atom. The van der Waals surface area contributed by atoms with Gasteiger partial charge in [0.1, 0.15) is 0 Å². The van der Waals surface area contributed by atoms with Crippen molar-refractivity contribution in [3.8, 4) is 0 Å². The Morgan fingerprint density at radius 1 is 1.11 bits per heavy atom. The van der Waals surface area contributed by atoms with Crippen LogP contribution in [0.3, 0.4) is 0 Å². The number of amides is 1. The number of allylic oxidation sites excluding steroid dienone is 1. The second-order valence-electron chi connectivity index (χ2n) is 9.95. The van der Waals surface area contributed by atoms with Crippen molar-refractivity contribution in [1.29, 1.82) is 0 Å². The number of hydrogen-bond donors (Lipinski definition) is 0. The van der Waals surface area contributed by atoms with E-state index in [-0.39, 0.29) is 41.6 Å². The summed E-state index contributed by atoms with van der Waals surface area (Å²) in [6, 6.07) is 14.9. The molecular weight excluding hydrogens is 515 g/mol. The summed E-state index contributed by atoms with van der Waals surface area (Å²) in [5, 5.41) is 0.976. The third-order valence-corrected chi connectivity index (χ3v) is 10.3. The first-order valence-corrected chi connectivity index (χ1v) is 14.8. The van der Waals surface area contributed by atoms with Crippen molar-refractivity contribution in [3.05, 3.63) is 82.4 Å². The SMILES string of the molecule is C=CCC1CC(c2cccc(Cl)c2)C(c2ccc(Cl)cc2)N(C(CC)CN(C)S(=O)(=O)C2CC2)C1=O. The number of halogens is 2. The van der Waals surface area contributed by atoms with Gasteiger partial charge in [0.05, 0.1) is 11.3 Å². The van der Waals surface area contributed by atoms with Crippen molar-refractivity contribution >= 4 is 39.1 Å². The lowest BCUT2D eigenvalue weighted by Crippen LogP contribution is -2.54. The summed E-state index contributed by atoms with van der Waals surface area (Å²) in [5.41, 5.74) is 2.03. The third kappa shape index (κ3) is 5.67. The molecule has 0 bridgehead atoms. The molecule has 1 aliphatic carbocycles. The normalized spacial score (nSPS) is 23.6. The van der Waals surface area contributed by atoms with Crippen molar-refractivity contribution in [2.24, 2.45) is 5.92 Å². The van der Waals surface area contributed by atoms with E-state index in [0.29, 0.717) is 42.1 Å². The predicted molar refractivity (Wildman–Crippen MR) is 147 cm³/mol. The molecule has 4 rings (SSSR count). The van der Waals surface area contributed by atoms with Crippen LogP contribution in [0.2, 0.25) is 10.0 Å². The zero-order valence-corrected chi connectivity index (χ0v) is 23.1. The highest BCUT2D eigenvalue weighted by atomic mass is 35.5. The number of carbonyl (C=O) groups excluding carboxylic acids is 1. The van der Waals surface area contributed by atoms with Crippen molar-refractivity contribution in [2.45, 2.75) is 62.3 Å². The minimum Gasteiger partial charge on any atom is -0.330 e. The van der Waals surface area contributed by atoms with E-state index in [9.17, 15) is 13.2 Å². The molecule has 1 heterocycles. The summed E-state index contributed by atoms with van der Waals surface area (Å²) in [6.07, 6.45) is 5.05. The molecule has 8 heteroatoms. The third-order valence-electron chi connectivity index (χ3n) is 7.48. The molecule has 2 fully saturated rings. The summed E-state index contributed by atoms with van der Waals surface area (Å²) < 4.78 is 27.4. The molecule has 1 amide bonds. The average Bonchev–Trinajstić information content (AvgIpc) is 3.70. The summed E-state index contributed by atoms with van der Waals surface area (Å²) in [4.78, 5) is 16.0. The Hall–Kier alpha value is -1.86. The van der Waals surface area contributed by atoms with Crippen LogP contribution in [-0.2, 0) is 14.8 Å². The number of hydrogen-bond acceptors (Lipinski definition) is 3. The van der Waals surface area contributed by atoms with Gasteiger partial charge >= 0.3 is 0 Å². The summed E-state index contributed by atoms with van der Waals surface area (Å²) in [6.45, 7) is 6.16. The Bertz CT molecular complexity index is 1200. The molecule has 0 aromatic heterocycles. The molecule has 1 saturated carbocycles. The van der Waals surface area contributed by atoms with Gasteiger partial charge in [0.2, 0.25) is 15.9 Å². The predicted octanol–water partition coefficient (Wildman–Crippen LogP) is 6.45. The zero-order valence-electron chi connectivity index (χ0n) is 20.8. The van der Waals surface area contributed by atoms with E-state index in [1.807, 2.05) is 54.3 Å². The molecule has 36 heavy (non-hydrogen) atoms. The van der Waals surface area contributed by atoms with Crippen LogP contribution in [0.5, 0.6) is 0 Å². The molecule has 4 unspecified atom stereocenters. The number of carbonyl (C=O) groups is 1. The van der Waals surface area contributed by atoms with E-state index in [2.05, 4.69) is 12.6 Å². The van der Waals surface area contributed by atoms with Gasteiger partial charge in [-0.3, -0.25) is 4.79 Å². The minimum absolute atomic E-state index is 0.0214. The van der Waals surface area contributed by atoms with Gasteiger partial charge in [-0.25, -0.2) is 12.7 Å². The van der Waals surface area contributed by atoms with E-state index in [0.717, 1.165) is 11.1 Å². The fourth-order valence-corrected chi connectivity index (χ4v) is 7.37. The molecule has 1 aliphatic heterocycles. The van der Waals surface area contributed by atoms with Crippen molar-refractivity contribution < 1.29 is 13.2 Å². The maximum atomic E-state index is 14.0. The van der Waals surface area contributed by atoms with Gasteiger partial charge in [-0.15, -0.1) is 6.58 Å². The maximum Gasteiger partial charge on any atom is 0.226 e. The summed E-state index contributed by atoms with van der Waals surface area (Å²) in [7, 11) is -1.73. The Labute approximate surface area is 225 Å². The maximum absolute atomic E-state index is 14.0. The molecule has 194 valence electrons. The average molecular weight is 550 g/mol. The van der Waals surface area contributed by atoms with Crippen LogP contribution < -0.4 is 0 Å². The highest BCUT2D eigenvalue weighted by molar-refractivity contribution is 7.90.